The Morgan fingerprint density at radius 1 is 1.00 bits per heavy atom. The van der Waals surface area contributed by atoms with Crippen LogP contribution in [0.1, 0.15) is 11.3 Å². The Bertz CT molecular complexity index is 1540. The van der Waals surface area contributed by atoms with Gasteiger partial charge in [-0.3, -0.25) is 14.1 Å². The molecule has 198 valence electrons. The van der Waals surface area contributed by atoms with E-state index >= 15 is 0 Å². The lowest BCUT2D eigenvalue weighted by Gasteiger charge is -2.35. The van der Waals surface area contributed by atoms with Crippen molar-refractivity contribution in [2.45, 2.75) is 13.0 Å². The second kappa shape index (κ2) is 11.3. The molecule has 1 N–H and O–H groups in total. The third-order valence-corrected chi connectivity index (χ3v) is 7.88. The number of thiazole rings is 1. The Morgan fingerprint density at radius 3 is 2.51 bits per heavy atom. The molecule has 0 radical (unpaired) electrons. The van der Waals surface area contributed by atoms with Gasteiger partial charge in [-0.15, -0.1) is 11.3 Å². The number of nitrogens with zero attached hydrogens (tertiary/aromatic N) is 5. The van der Waals surface area contributed by atoms with Gasteiger partial charge in [0.1, 0.15) is 11.6 Å². The summed E-state index contributed by atoms with van der Waals surface area (Å²) < 4.78 is 7.25. The van der Waals surface area contributed by atoms with Crippen molar-refractivity contribution < 1.29 is 9.53 Å². The van der Waals surface area contributed by atoms with Crippen LogP contribution in [0.5, 0.6) is 5.75 Å². The first-order chi connectivity index (χ1) is 19.1. The number of amides is 1. The molecule has 9 heteroatoms. The normalized spacial score (nSPS) is 14.0. The van der Waals surface area contributed by atoms with Crippen LogP contribution in [0, 0.1) is 0 Å². The van der Waals surface area contributed by atoms with Gasteiger partial charge in [-0.25, -0.2) is 9.97 Å². The molecule has 1 amide bonds. The number of carbonyl (C=O) groups excluding carboxylic acids is 1. The van der Waals surface area contributed by atoms with Crippen LogP contribution in [-0.2, 0) is 17.8 Å². The fourth-order valence-corrected chi connectivity index (χ4v) is 5.72. The number of ether oxygens (including phenoxy) is 1. The Hall–Kier alpha value is -4.21. The number of nitrogens with one attached hydrogen (secondary N) is 1. The Kier molecular flexibility index (Phi) is 7.25. The number of hydrogen-bond donors (Lipinski definition) is 1. The molecule has 0 aliphatic carbocycles. The summed E-state index contributed by atoms with van der Waals surface area (Å²) in [5, 5.41) is 4.98. The molecule has 0 atom stereocenters. The number of carbonyl (C=O) groups is 1. The fourth-order valence-electron chi connectivity index (χ4n) is 4.85. The lowest BCUT2D eigenvalue weighted by molar-refractivity contribution is -0.115. The number of piperazine rings is 1. The zero-order chi connectivity index (χ0) is 26.6. The minimum atomic E-state index is -0.0774. The van der Waals surface area contributed by atoms with Crippen molar-refractivity contribution in [1.29, 1.82) is 0 Å². The lowest BCUT2D eigenvalue weighted by atomic mass is 10.2. The second-order valence-corrected chi connectivity index (χ2v) is 10.4. The molecule has 1 fully saturated rings. The van der Waals surface area contributed by atoms with Gasteiger partial charge in [0.25, 0.3) is 0 Å². The summed E-state index contributed by atoms with van der Waals surface area (Å²) in [7, 11) is 1.69. The first-order valence-corrected chi connectivity index (χ1v) is 13.9. The number of benzene rings is 2. The summed E-state index contributed by atoms with van der Waals surface area (Å²) in [5.41, 5.74) is 4.87. The van der Waals surface area contributed by atoms with E-state index in [1.165, 1.54) is 5.56 Å². The maximum Gasteiger partial charge on any atom is 0.230 e. The topological polar surface area (TPSA) is 75.0 Å². The molecule has 8 nitrogen and oxygen atoms in total. The average Bonchev–Trinajstić information content (AvgIpc) is 3.57. The third kappa shape index (κ3) is 5.79. The molecule has 1 aliphatic rings. The van der Waals surface area contributed by atoms with Gasteiger partial charge in [0.05, 0.1) is 31.1 Å². The van der Waals surface area contributed by atoms with Crippen molar-refractivity contribution in [3.63, 3.8) is 0 Å². The highest BCUT2D eigenvalue weighted by molar-refractivity contribution is 7.15. The van der Waals surface area contributed by atoms with E-state index < -0.39 is 0 Å². The molecular weight excluding hydrogens is 508 g/mol. The van der Waals surface area contributed by atoms with Crippen LogP contribution in [0.3, 0.4) is 0 Å². The summed E-state index contributed by atoms with van der Waals surface area (Å²) in [6.07, 6.45) is 4.00. The summed E-state index contributed by atoms with van der Waals surface area (Å²) >= 11 is 1.54. The maximum absolute atomic E-state index is 12.8. The van der Waals surface area contributed by atoms with Crippen molar-refractivity contribution in [1.82, 2.24) is 19.3 Å². The van der Waals surface area contributed by atoms with E-state index in [4.69, 9.17) is 9.72 Å². The standard InChI is InChI=1S/C30H30N6O2S/c1-38-26-10-7-22(8-11-26)19-34-13-15-35(16-14-34)28-12-9-24(18-31-28)32-29(37)17-25-21-39-30-33-27(20-36(25)30)23-5-3-2-4-6-23/h2-12,18,20-21H,13-17,19H2,1H3,(H,32,37). The van der Waals surface area contributed by atoms with Crippen molar-refractivity contribution >= 4 is 33.7 Å². The van der Waals surface area contributed by atoms with Crippen molar-refractivity contribution in [2.24, 2.45) is 0 Å². The van der Waals surface area contributed by atoms with Crippen LogP contribution in [0.15, 0.2) is 84.5 Å². The molecule has 3 aromatic heterocycles. The van der Waals surface area contributed by atoms with Crippen LogP contribution < -0.4 is 15.0 Å². The van der Waals surface area contributed by atoms with Gasteiger partial charge in [0.15, 0.2) is 4.96 Å². The molecule has 1 saturated heterocycles. The van der Waals surface area contributed by atoms with E-state index in [2.05, 4.69) is 32.2 Å². The van der Waals surface area contributed by atoms with Crippen LogP contribution in [-0.4, -0.2) is 58.5 Å². The molecule has 4 heterocycles. The van der Waals surface area contributed by atoms with Crippen molar-refractivity contribution in [3.05, 3.63) is 95.8 Å². The predicted octanol–water partition coefficient (Wildman–Crippen LogP) is 4.97. The zero-order valence-electron chi connectivity index (χ0n) is 21.8. The second-order valence-electron chi connectivity index (χ2n) is 9.61. The molecule has 6 rings (SSSR count). The highest BCUT2D eigenvalue weighted by atomic mass is 32.1. The van der Waals surface area contributed by atoms with Crippen LogP contribution >= 0.6 is 11.3 Å². The fraction of sp³-hybridized carbons (Fsp3) is 0.233. The Balaban J connectivity index is 1.02. The Morgan fingerprint density at radius 2 is 1.79 bits per heavy atom. The molecule has 0 saturated carbocycles. The lowest BCUT2D eigenvalue weighted by Crippen LogP contribution is -2.46. The number of aromatic nitrogens is 3. The summed E-state index contributed by atoms with van der Waals surface area (Å²) in [6.45, 7) is 4.71. The minimum absolute atomic E-state index is 0.0774. The third-order valence-electron chi connectivity index (χ3n) is 6.99. The zero-order valence-corrected chi connectivity index (χ0v) is 22.6. The highest BCUT2D eigenvalue weighted by Crippen LogP contribution is 2.24. The molecule has 2 aromatic carbocycles. The average molecular weight is 539 g/mol. The number of pyridine rings is 1. The quantitative estimate of drug-likeness (QED) is 0.301. The molecule has 1 aliphatic heterocycles. The number of methoxy groups -OCH3 is 1. The SMILES string of the molecule is COc1ccc(CN2CCN(c3ccc(NC(=O)Cc4csc5nc(-c6ccccc6)cn45)cn3)CC2)cc1. The smallest absolute Gasteiger partial charge is 0.230 e. The number of hydrogen-bond acceptors (Lipinski definition) is 7. The monoisotopic (exact) mass is 538 g/mol. The van der Waals surface area contributed by atoms with Gasteiger partial charge in [0.2, 0.25) is 5.91 Å². The van der Waals surface area contributed by atoms with E-state index in [9.17, 15) is 4.79 Å². The van der Waals surface area contributed by atoms with Crippen molar-refractivity contribution in [3.8, 4) is 17.0 Å². The van der Waals surface area contributed by atoms with Crippen LogP contribution in [0.25, 0.3) is 16.2 Å². The van der Waals surface area contributed by atoms with Gasteiger partial charge in [-0.05, 0) is 29.8 Å². The minimum Gasteiger partial charge on any atom is -0.497 e. The number of anilines is 2. The first-order valence-electron chi connectivity index (χ1n) is 13.0. The molecular formula is C30H30N6O2S. The molecule has 0 bridgehead atoms. The van der Waals surface area contributed by atoms with E-state index in [1.54, 1.807) is 24.6 Å². The first kappa shape index (κ1) is 25.1. The van der Waals surface area contributed by atoms with Crippen LogP contribution in [0.2, 0.25) is 0 Å². The summed E-state index contributed by atoms with van der Waals surface area (Å²) in [4.78, 5) is 27.8. The van der Waals surface area contributed by atoms with Gasteiger partial charge in [0, 0.05) is 55.6 Å². The molecule has 5 aromatic rings. The van der Waals surface area contributed by atoms with E-state index in [0.29, 0.717) is 5.69 Å². The largest absolute Gasteiger partial charge is 0.497 e. The molecule has 0 unspecified atom stereocenters. The van der Waals surface area contributed by atoms with Crippen molar-refractivity contribution in [2.75, 3.05) is 43.5 Å². The highest BCUT2D eigenvalue weighted by Gasteiger charge is 2.19. The number of imidazole rings is 1. The predicted molar refractivity (Wildman–Crippen MR) is 156 cm³/mol. The summed E-state index contributed by atoms with van der Waals surface area (Å²) in [5.74, 6) is 1.74. The van der Waals surface area contributed by atoms with E-state index in [0.717, 1.165) is 66.2 Å². The van der Waals surface area contributed by atoms with Gasteiger partial charge in [-0.2, -0.15) is 0 Å². The van der Waals surface area contributed by atoms with Gasteiger partial charge in [-0.1, -0.05) is 42.5 Å². The Labute approximate surface area is 231 Å². The molecule has 0 spiro atoms. The molecule has 39 heavy (non-hydrogen) atoms. The summed E-state index contributed by atoms with van der Waals surface area (Å²) in [6, 6.07) is 22.3. The number of rotatable bonds is 8. The van der Waals surface area contributed by atoms with E-state index in [1.807, 2.05) is 70.6 Å². The van der Waals surface area contributed by atoms with Crippen LogP contribution in [0.4, 0.5) is 11.5 Å². The number of fused-ring (bicyclic) bond motifs is 1. The van der Waals surface area contributed by atoms with Gasteiger partial charge >= 0.3 is 0 Å². The van der Waals surface area contributed by atoms with E-state index in [-0.39, 0.29) is 12.3 Å². The van der Waals surface area contributed by atoms with Gasteiger partial charge < -0.3 is 15.0 Å². The maximum atomic E-state index is 12.8.